The molecule has 4 heteroatoms. The van der Waals surface area contributed by atoms with E-state index in [9.17, 15) is 4.79 Å². The largest absolute Gasteiger partial charge is 0.464 e. The van der Waals surface area contributed by atoms with Gasteiger partial charge in [0.25, 0.3) is 0 Å². The highest BCUT2D eigenvalue weighted by molar-refractivity contribution is 5.88. The Kier molecular flexibility index (Phi) is 6.85. The van der Waals surface area contributed by atoms with Crippen LogP contribution in [0.15, 0.2) is 6.20 Å². The average Bonchev–Trinajstić information content (AvgIpc) is 2.48. The molecule has 0 spiro atoms. The van der Waals surface area contributed by atoms with Crippen molar-refractivity contribution >= 4 is 5.97 Å². The first-order valence-electron chi connectivity index (χ1n) is 6.53. The molecule has 104 valence electrons. The molecule has 0 N–H and O–H groups in total. The summed E-state index contributed by atoms with van der Waals surface area (Å²) in [6, 6.07) is 0. The van der Waals surface area contributed by atoms with Crippen molar-refractivity contribution in [3.8, 4) is 24.7 Å². The SMILES string of the molecule is C#CCCCc1cnc(CCCC#C)c(C(=O)OC)n1. The molecule has 0 aliphatic carbocycles. The molecule has 1 aromatic rings. The highest BCUT2D eigenvalue weighted by Gasteiger charge is 2.15. The summed E-state index contributed by atoms with van der Waals surface area (Å²) in [5.74, 6) is 4.67. The van der Waals surface area contributed by atoms with Crippen molar-refractivity contribution < 1.29 is 9.53 Å². The van der Waals surface area contributed by atoms with Gasteiger partial charge in [0.05, 0.1) is 18.5 Å². The molecule has 0 aromatic carbocycles. The number of carbonyl (C=O) groups excluding carboxylic acids is 1. The van der Waals surface area contributed by atoms with Gasteiger partial charge in [0.2, 0.25) is 0 Å². The third-order valence-corrected chi connectivity index (χ3v) is 2.77. The molecule has 0 aliphatic heterocycles. The van der Waals surface area contributed by atoms with Crippen LogP contribution in [0.25, 0.3) is 0 Å². The van der Waals surface area contributed by atoms with Gasteiger partial charge in [0.1, 0.15) is 0 Å². The lowest BCUT2D eigenvalue weighted by molar-refractivity contribution is 0.0591. The van der Waals surface area contributed by atoms with Gasteiger partial charge in [-0.3, -0.25) is 4.98 Å². The first-order valence-corrected chi connectivity index (χ1v) is 6.53. The number of hydrogen-bond donors (Lipinski definition) is 0. The quantitative estimate of drug-likeness (QED) is 0.433. The van der Waals surface area contributed by atoms with Crippen LogP contribution in [0.2, 0.25) is 0 Å². The van der Waals surface area contributed by atoms with Crippen molar-refractivity contribution in [1.29, 1.82) is 0 Å². The summed E-state index contributed by atoms with van der Waals surface area (Å²) in [7, 11) is 1.33. The molecule has 0 atom stereocenters. The van der Waals surface area contributed by atoms with E-state index >= 15 is 0 Å². The molecule has 1 aromatic heterocycles. The molecule has 0 aliphatic rings. The van der Waals surface area contributed by atoms with Gasteiger partial charge in [-0.15, -0.1) is 24.7 Å². The van der Waals surface area contributed by atoms with Gasteiger partial charge in [0, 0.05) is 19.0 Å². The average molecular weight is 270 g/mol. The summed E-state index contributed by atoms with van der Waals surface area (Å²) >= 11 is 0. The molecule has 0 saturated carbocycles. The van der Waals surface area contributed by atoms with Crippen LogP contribution in [0.3, 0.4) is 0 Å². The van der Waals surface area contributed by atoms with E-state index < -0.39 is 5.97 Å². The molecule has 0 saturated heterocycles. The minimum atomic E-state index is -0.466. The Labute approximate surface area is 120 Å². The zero-order chi connectivity index (χ0) is 14.8. The Bertz CT molecular complexity index is 538. The molecular formula is C16H18N2O2. The molecule has 0 amide bonds. The minimum absolute atomic E-state index is 0.280. The van der Waals surface area contributed by atoms with E-state index in [1.54, 1.807) is 6.20 Å². The second-order valence-electron chi connectivity index (χ2n) is 4.26. The monoisotopic (exact) mass is 270 g/mol. The van der Waals surface area contributed by atoms with E-state index in [1.807, 2.05) is 0 Å². The van der Waals surface area contributed by atoms with Gasteiger partial charge in [-0.05, 0) is 25.7 Å². The van der Waals surface area contributed by atoms with Crippen LogP contribution in [0, 0.1) is 24.7 Å². The molecule has 0 unspecified atom stereocenters. The maximum atomic E-state index is 11.8. The number of esters is 1. The van der Waals surface area contributed by atoms with Crippen molar-refractivity contribution in [2.75, 3.05) is 7.11 Å². The third-order valence-electron chi connectivity index (χ3n) is 2.77. The number of rotatable bonds is 7. The predicted molar refractivity (Wildman–Crippen MR) is 76.9 cm³/mol. The van der Waals surface area contributed by atoms with Crippen molar-refractivity contribution in [2.45, 2.75) is 38.5 Å². The number of aromatic nitrogens is 2. The highest BCUT2D eigenvalue weighted by atomic mass is 16.5. The molecule has 0 bridgehead atoms. The smallest absolute Gasteiger partial charge is 0.358 e. The Hall–Kier alpha value is -2.33. The zero-order valence-electron chi connectivity index (χ0n) is 11.7. The van der Waals surface area contributed by atoms with E-state index in [0.29, 0.717) is 31.4 Å². The van der Waals surface area contributed by atoms with Crippen LogP contribution in [-0.2, 0) is 17.6 Å². The number of aryl methyl sites for hydroxylation is 2. The predicted octanol–water partition coefficient (Wildman–Crippen LogP) is 2.17. The first kappa shape index (κ1) is 15.7. The Morgan fingerprint density at radius 1 is 1.25 bits per heavy atom. The zero-order valence-corrected chi connectivity index (χ0v) is 11.7. The van der Waals surface area contributed by atoms with Crippen LogP contribution >= 0.6 is 0 Å². The van der Waals surface area contributed by atoms with Crippen molar-refractivity contribution in [2.24, 2.45) is 0 Å². The van der Waals surface area contributed by atoms with Gasteiger partial charge in [-0.25, -0.2) is 9.78 Å². The molecule has 1 heterocycles. The third kappa shape index (κ3) is 4.74. The molecule has 20 heavy (non-hydrogen) atoms. The summed E-state index contributed by atoms with van der Waals surface area (Å²) in [6.07, 6.45) is 16.3. The van der Waals surface area contributed by atoms with E-state index in [-0.39, 0.29) is 5.69 Å². The highest BCUT2D eigenvalue weighted by Crippen LogP contribution is 2.11. The van der Waals surface area contributed by atoms with Gasteiger partial charge in [-0.1, -0.05) is 0 Å². The fourth-order valence-electron chi connectivity index (χ4n) is 1.74. The molecule has 4 nitrogen and oxygen atoms in total. The maximum Gasteiger partial charge on any atom is 0.358 e. The fourth-order valence-corrected chi connectivity index (χ4v) is 1.74. The maximum absolute atomic E-state index is 11.8. The number of carbonyl (C=O) groups is 1. The number of terminal acetylenes is 2. The number of hydrogen-bond acceptors (Lipinski definition) is 4. The van der Waals surface area contributed by atoms with Crippen molar-refractivity contribution in [1.82, 2.24) is 9.97 Å². The Balaban J connectivity index is 2.86. The van der Waals surface area contributed by atoms with Crippen LogP contribution in [0.1, 0.15) is 47.6 Å². The lowest BCUT2D eigenvalue weighted by Crippen LogP contribution is -2.12. The topological polar surface area (TPSA) is 52.1 Å². The van der Waals surface area contributed by atoms with Crippen LogP contribution in [0.5, 0.6) is 0 Å². The van der Waals surface area contributed by atoms with Crippen molar-refractivity contribution in [3.05, 3.63) is 23.3 Å². The molecule has 0 radical (unpaired) electrons. The summed E-state index contributed by atoms with van der Waals surface area (Å²) in [4.78, 5) is 20.4. The summed E-state index contributed by atoms with van der Waals surface area (Å²) in [6.45, 7) is 0. The summed E-state index contributed by atoms with van der Waals surface area (Å²) in [5, 5.41) is 0. The minimum Gasteiger partial charge on any atom is -0.464 e. The first-order chi connectivity index (χ1) is 9.72. The standard InChI is InChI=1S/C16H18N2O2/c1-4-6-8-10-13-12-17-14(11-9-7-5-2)15(18-13)16(19)20-3/h1-2,12H,6-11H2,3H3. The molecule has 0 fully saturated rings. The van der Waals surface area contributed by atoms with Crippen LogP contribution in [-0.4, -0.2) is 23.0 Å². The summed E-state index contributed by atoms with van der Waals surface area (Å²) in [5.41, 5.74) is 1.66. The van der Waals surface area contributed by atoms with Gasteiger partial charge < -0.3 is 4.74 Å². The van der Waals surface area contributed by atoms with Gasteiger partial charge >= 0.3 is 5.97 Å². The second kappa shape index (κ2) is 8.72. The fraction of sp³-hybridized carbons (Fsp3) is 0.438. The van der Waals surface area contributed by atoms with E-state index in [0.717, 1.165) is 18.5 Å². The Morgan fingerprint density at radius 2 is 1.90 bits per heavy atom. The second-order valence-corrected chi connectivity index (χ2v) is 4.26. The van der Waals surface area contributed by atoms with Gasteiger partial charge in [-0.2, -0.15) is 0 Å². The van der Waals surface area contributed by atoms with E-state index in [4.69, 9.17) is 17.6 Å². The lowest BCUT2D eigenvalue weighted by Gasteiger charge is -2.07. The lowest BCUT2D eigenvalue weighted by atomic mass is 10.1. The number of unbranched alkanes of at least 4 members (excludes halogenated alkanes) is 2. The van der Waals surface area contributed by atoms with Crippen LogP contribution < -0.4 is 0 Å². The normalized spacial score (nSPS) is 9.55. The number of nitrogens with zero attached hydrogens (tertiary/aromatic N) is 2. The summed E-state index contributed by atoms with van der Waals surface area (Å²) < 4.78 is 4.75. The van der Waals surface area contributed by atoms with E-state index in [1.165, 1.54) is 7.11 Å². The van der Waals surface area contributed by atoms with Gasteiger partial charge in [0.15, 0.2) is 5.69 Å². The van der Waals surface area contributed by atoms with E-state index in [2.05, 4.69) is 21.8 Å². The van der Waals surface area contributed by atoms with Crippen molar-refractivity contribution in [3.63, 3.8) is 0 Å². The number of ether oxygens (including phenoxy) is 1. The number of methoxy groups -OCH3 is 1. The van der Waals surface area contributed by atoms with Crippen LogP contribution in [0.4, 0.5) is 0 Å². The molecular weight excluding hydrogens is 252 g/mol. The molecule has 1 rings (SSSR count). The Morgan fingerprint density at radius 3 is 2.50 bits per heavy atom.